The Balaban J connectivity index is 1.89. The van der Waals surface area contributed by atoms with Crippen LogP contribution in [-0.2, 0) is 4.79 Å². The number of nitrogens with one attached hydrogen (secondary N) is 1. The average molecular weight is 250 g/mol. The third kappa shape index (κ3) is 2.55. The minimum atomic E-state index is -0.151. The summed E-state index contributed by atoms with van der Waals surface area (Å²) in [4.78, 5) is 15.4. The van der Waals surface area contributed by atoms with Gasteiger partial charge in [0.05, 0.1) is 5.69 Å². The summed E-state index contributed by atoms with van der Waals surface area (Å²) in [5.41, 5.74) is 2.17. The van der Waals surface area contributed by atoms with Crippen molar-refractivity contribution in [2.24, 2.45) is 0 Å². The van der Waals surface area contributed by atoms with E-state index in [4.69, 9.17) is 4.74 Å². The minimum absolute atomic E-state index is 0.0615. The van der Waals surface area contributed by atoms with E-state index in [0.29, 0.717) is 17.1 Å². The van der Waals surface area contributed by atoms with E-state index in [-0.39, 0.29) is 12.5 Å². The number of carbonyl (C=O) groups is 1. The largest absolute Gasteiger partial charge is 0.482 e. The van der Waals surface area contributed by atoms with Gasteiger partial charge in [0, 0.05) is 11.8 Å². The first-order valence-electron chi connectivity index (χ1n) is 5.81. The molecule has 4 nitrogen and oxygen atoms in total. The monoisotopic (exact) mass is 250 g/mol. The molecule has 3 rings (SSSR count). The molecule has 0 spiro atoms. The van der Waals surface area contributed by atoms with Crippen molar-refractivity contribution < 1.29 is 9.53 Å². The molecule has 0 radical (unpaired) electrons. The highest BCUT2D eigenvalue weighted by Crippen LogP contribution is 2.28. The van der Waals surface area contributed by atoms with Crippen molar-refractivity contribution in [2.45, 2.75) is 0 Å². The highest BCUT2D eigenvalue weighted by molar-refractivity contribution is 5.95. The SMILES string of the molecule is O=C1COc2ccc(C#Cc3ccccn3)cc2N1. The predicted octanol–water partition coefficient (Wildman–Crippen LogP) is 1.81. The molecule has 0 aliphatic carbocycles. The molecule has 1 aliphatic rings. The van der Waals surface area contributed by atoms with Gasteiger partial charge >= 0.3 is 0 Å². The van der Waals surface area contributed by atoms with Crippen LogP contribution >= 0.6 is 0 Å². The Morgan fingerprint density at radius 3 is 3.00 bits per heavy atom. The normalized spacial score (nSPS) is 12.5. The van der Waals surface area contributed by atoms with Crippen molar-refractivity contribution in [1.29, 1.82) is 0 Å². The van der Waals surface area contributed by atoms with Crippen LogP contribution in [0, 0.1) is 11.8 Å². The standard InChI is InChI=1S/C15H10N2O2/c18-15-10-19-14-7-5-11(9-13(14)17-15)4-6-12-3-1-2-8-16-12/h1-3,5,7-9H,10H2,(H,17,18). The molecule has 92 valence electrons. The number of carbonyl (C=O) groups excluding carboxylic acids is 1. The van der Waals surface area contributed by atoms with Crippen LogP contribution in [0.25, 0.3) is 0 Å². The molecule has 1 aliphatic heterocycles. The van der Waals surface area contributed by atoms with E-state index in [1.807, 2.05) is 24.3 Å². The summed E-state index contributed by atoms with van der Waals surface area (Å²) in [6, 6.07) is 11.0. The van der Waals surface area contributed by atoms with E-state index in [1.165, 1.54) is 0 Å². The maximum atomic E-state index is 11.2. The zero-order chi connectivity index (χ0) is 13.1. The molecule has 0 atom stereocenters. The average Bonchev–Trinajstić information content (AvgIpc) is 2.46. The molecule has 1 amide bonds. The number of nitrogens with zero attached hydrogens (tertiary/aromatic N) is 1. The summed E-state index contributed by atoms with van der Waals surface area (Å²) >= 11 is 0. The Morgan fingerprint density at radius 2 is 2.16 bits per heavy atom. The summed E-state index contributed by atoms with van der Waals surface area (Å²) in [5.74, 6) is 6.49. The van der Waals surface area contributed by atoms with Crippen molar-refractivity contribution in [3.05, 3.63) is 53.9 Å². The topological polar surface area (TPSA) is 51.2 Å². The molecule has 0 fully saturated rings. The maximum Gasteiger partial charge on any atom is 0.262 e. The molecule has 1 aromatic heterocycles. The number of rotatable bonds is 0. The van der Waals surface area contributed by atoms with Crippen LogP contribution in [0.3, 0.4) is 0 Å². The van der Waals surface area contributed by atoms with Gasteiger partial charge in [-0.1, -0.05) is 12.0 Å². The lowest BCUT2D eigenvalue weighted by molar-refractivity contribution is -0.118. The summed E-state index contributed by atoms with van der Waals surface area (Å²) < 4.78 is 5.28. The molecule has 2 aromatic rings. The van der Waals surface area contributed by atoms with Gasteiger partial charge in [0.2, 0.25) is 0 Å². The number of anilines is 1. The second-order valence-electron chi connectivity index (χ2n) is 4.01. The first kappa shape index (κ1) is 11.3. The van der Waals surface area contributed by atoms with Gasteiger partial charge in [-0.05, 0) is 36.3 Å². The Morgan fingerprint density at radius 1 is 1.21 bits per heavy atom. The van der Waals surface area contributed by atoms with Crippen LogP contribution < -0.4 is 10.1 Å². The molecule has 0 bridgehead atoms. The van der Waals surface area contributed by atoms with Crippen molar-refractivity contribution in [2.75, 3.05) is 11.9 Å². The van der Waals surface area contributed by atoms with Crippen molar-refractivity contribution in [3.8, 4) is 17.6 Å². The summed E-state index contributed by atoms with van der Waals surface area (Å²) in [7, 11) is 0. The van der Waals surface area contributed by atoms with E-state index in [1.54, 1.807) is 18.3 Å². The van der Waals surface area contributed by atoms with E-state index >= 15 is 0 Å². The van der Waals surface area contributed by atoms with Crippen LogP contribution in [0.5, 0.6) is 5.75 Å². The van der Waals surface area contributed by atoms with Gasteiger partial charge in [-0.3, -0.25) is 4.79 Å². The van der Waals surface area contributed by atoms with Crippen molar-refractivity contribution in [1.82, 2.24) is 4.98 Å². The molecule has 2 heterocycles. The van der Waals surface area contributed by atoms with Crippen LogP contribution in [0.1, 0.15) is 11.3 Å². The molecule has 4 heteroatoms. The molecular weight excluding hydrogens is 240 g/mol. The van der Waals surface area contributed by atoms with Crippen molar-refractivity contribution >= 4 is 11.6 Å². The zero-order valence-electron chi connectivity index (χ0n) is 10.0. The predicted molar refractivity (Wildman–Crippen MR) is 70.8 cm³/mol. The summed E-state index contributed by atoms with van der Waals surface area (Å²) in [5, 5.41) is 2.75. The van der Waals surface area contributed by atoms with Gasteiger partial charge in [-0.25, -0.2) is 4.98 Å². The molecule has 19 heavy (non-hydrogen) atoms. The van der Waals surface area contributed by atoms with E-state index in [2.05, 4.69) is 22.1 Å². The van der Waals surface area contributed by atoms with Crippen molar-refractivity contribution in [3.63, 3.8) is 0 Å². The number of benzene rings is 1. The molecule has 0 unspecified atom stereocenters. The lowest BCUT2D eigenvalue weighted by atomic mass is 10.1. The van der Waals surface area contributed by atoms with Gasteiger partial charge in [0.25, 0.3) is 5.91 Å². The Hall–Kier alpha value is -2.80. The summed E-state index contributed by atoms with van der Waals surface area (Å²) in [6.45, 7) is 0.0615. The molecule has 0 saturated heterocycles. The Kier molecular flexibility index (Phi) is 2.87. The first-order chi connectivity index (χ1) is 9.31. The van der Waals surface area contributed by atoms with Gasteiger partial charge in [-0.2, -0.15) is 0 Å². The fourth-order valence-corrected chi connectivity index (χ4v) is 1.73. The van der Waals surface area contributed by atoms with Gasteiger partial charge < -0.3 is 10.1 Å². The van der Waals surface area contributed by atoms with E-state index in [9.17, 15) is 4.79 Å². The number of fused-ring (bicyclic) bond motifs is 1. The highest BCUT2D eigenvalue weighted by Gasteiger charge is 2.15. The number of pyridine rings is 1. The van der Waals surface area contributed by atoms with Gasteiger partial charge in [0.15, 0.2) is 6.61 Å². The number of hydrogen-bond acceptors (Lipinski definition) is 3. The van der Waals surface area contributed by atoms with E-state index < -0.39 is 0 Å². The van der Waals surface area contributed by atoms with Crippen LogP contribution in [0.15, 0.2) is 42.6 Å². The molecule has 1 N–H and O–H groups in total. The zero-order valence-corrected chi connectivity index (χ0v) is 10.0. The van der Waals surface area contributed by atoms with Crippen LogP contribution in [0.2, 0.25) is 0 Å². The molecular formula is C15H10N2O2. The number of aromatic nitrogens is 1. The lowest BCUT2D eigenvalue weighted by Gasteiger charge is -2.17. The fourth-order valence-electron chi connectivity index (χ4n) is 1.73. The quantitative estimate of drug-likeness (QED) is 0.725. The number of ether oxygens (including phenoxy) is 1. The third-order valence-corrected chi connectivity index (χ3v) is 2.61. The summed E-state index contributed by atoms with van der Waals surface area (Å²) in [6.07, 6.45) is 1.70. The third-order valence-electron chi connectivity index (χ3n) is 2.61. The second kappa shape index (κ2) is 4.83. The molecule has 1 aromatic carbocycles. The maximum absolute atomic E-state index is 11.2. The fraction of sp³-hybridized carbons (Fsp3) is 0.0667. The molecule has 0 saturated carbocycles. The number of amides is 1. The second-order valence-corrected chi connectivity index (χ2v) is 4.01. The first-order valence-corrected chi connectivity index (χ1v) is 5.81. The smallest absolute Gasteiger partial charge is 0.262 e. The minimum Gasteiger partial charge on any atom is -0.482 e. The highest BCUT2D eigenvalue weighted by atomic mass is 16.5. The Labute approximate surface area is 110 Å². The lowest BCUT2D eigenvalue weighted by Crippen LogP contribution is -2.25. The van der Waals surface area contributed by atoms with E-state index in [0.717, 1.165) is 5.56 Å². The van der Waals surface area contributed by atoms with Crippen LogP contribution in [0.4, 0.5) is 5.69 Å². The van der Waals surface area contributed by atoms with Gasteiger partial charge in [0.1, 0.15) is 11.4 Å². The van der Waals surface area contributed by atoms with Gasteiger partial charge in [-0.15, -0.1) is 0 Å². The Bertz CT molecular complexity index is 684. The number of hydrogen-bond donors (Lipinski definition) is 1. The van der Waals surface area contributed by atoms with Crippen LogP contribution in [-0.4, -0.2) is 17.5 Å².